The number of hydrogen-bond donors (Lipinski definition) is 2. The van der Waals surface area contributed by atoms with Gasteiger partial charge in [-0.15, -0.1) is 0 Å². The molecule has 0 saturated carbocycles. The van der Waals surface area contributed by atoms with E-state index in [1.807, 2.05) is 0 Å². The molecule has 0 radical (unpaired) electrons. The summed E-state index contributed by atoms with van der Waals surface area (Å²) >= 11 is 0. The lowest BCUT2D eigenvalue weighted by Crippen LogP contribution is -2.45. The van der Waals surface area contributed by atoms with Gasteiger partial charge in [-0.3, -0.25) is 14.4 Å². The first-order valence-corrected chi connectivity index (χ1v) is 10.6. The van der Waals surface area contributed by atoms with Gasteiger partial charge in [0.25, 0.3) is 10.0 Å². The van der Waals surface area contributed by atoms with Crippen LogP contribution < -0.4 is 11.1 Å². The normalized spacial score (nSPS) is 22.3. The monoisotopic (exact) mass is 410 g/mol. The largest absolute Gasteiger partial charge is 0.369 e. The van der Waals surface area contributed by atoms with Gasteiger partial charge in [0.05, 0.1) is 12.6 Å². The van der Waals surface area contributed by atoms with Crippen molar-refractivity contribution < 1.29 is 22.8 Å². The minimum Gasteiger partial charge on any atom is -0.369 e. The Morgan fingerprint density at radius 1 is 1.36 bits per heavy atom. The third-order valence-electron chi connectivity index (χ3n) is 4.90. The highest BCUT2D eigenvalue weighted by molar-refractivity contribution is 7.89. The number of nitrogens with two attached hydrogens (primary N) is 1. The summed E-state index contributed by atoms with van der Waals surface area (Å²) in [6.45, 7) is 3.03. The van der Waals surface area contributed by atoms with Crippen LogP contribution in [-0.2, 0) is 24.4 Å². The standard InChI is InChI=1S/C18H26N4O5S/c1-12(18(19)25)6-9-16(24)21-14-8-7-13(2)22(11-15(14)23)28(26,27)17-5-3-4-10-20-17/h3-5,10,12-14H,6-9,11H2,1-2H3,(H2,19,25)(H,21,24)/t12-,13-,14-/m0/s1. The van der Waals surface area contributed by atoms with Gasteiger partial charge in [-0.25, -0.2) is 13.4 Å². The molecule has 0 bridgehead atoms. The summed E-state index contributed by atoms with van der Waals surface area (Å²) in [6, 6.07) is 3.40. The summed E-state index contributed by atoms with van der Waals surface area (Å²) in [5, 5.41) is 2.54. The summed E-state index contributed by atoms with van der Waals surface area (Å²) < 4.78 is 26.8. The summed E-state index contributed by atoms with van der Waals surface area (Å²) in [7, 11) is -3.91. The van der Waals surface area contributed by atoms with E-state index in [1.165, 1.54) is 12.3 Å². The van der Waals surface area contributed by atoms with Gasteiger partial charge in [-0.2, -0.15) is 4.31 Å². The highest BCUT2D eigenvalue weighted by Gasteiger charge is 2.37. The second-order valence-electron chi connectivity index (χ2n) is 7.07. The van der Waals surface area contributed by atoms with E-state index < -0.39 is 33.9 Å². The highest BCUT2D eigenvalue weighted by Crippen LogP contribution is 2.22. The van der Waals surface area contributed by atoms with Crippen molar-refractivity contribution in [2.24, 2.45) is 11.7 Å². The van der Waals surface area contributed by atoms with Gasteiger partial charge in [-0.05, 0) is 38.3 Å². The average Bonchev–Trinajstić information content (AvgIpc) is 2.80. The topological polar surface area (TPSA) is 140 Å². The number of Topliss-reactive ketones (excluding diaryl/α,β-unsaturated/α-hetero) is 1. The molecule has 0 unspecified atom stereocenters. The third-order valence-corrected chi connectivity index (χ3v) is 6.78. The second kappa shape index (κ2) is 9.24. The molecule has 3 atom stereocenters. The number of sulfonamides is 1. The lowest BCUT2D eigenvalue weighted by molar-refractivity contribution is -0.128. The summed E-state index contributed by atoms with van der Waals surface area (Å²) in [5.41, 5.74) is 5.18. The molecule has 1 aromatic rings. The van der Waals surface area contributed by atoms with Crippen molar-refractivity contribution >= 4 is 27.6 Å². The average molecular weight is 410 g/mol. The van der Waals surface area contributed by atoms with E-state index in [2.05, 4.69) is 10.3 Å². The van der Waals surface area contributed by atoms with Crippen LogP contribution in [0.15, 0.2) is 29.4 Å². The van der Waals surface area contributed by atoms with Crippen molar-refractivity contribution in [2.45, 2.75) is 56.6 Å². The number of pyridine rings is 1. The van der Waals surface area contributed by atoms with Crippen LogP contribution in [0.25, 0.3) is 0 Å². The number of nitrogens with one attached hydrogen (secondary N) is 1. The van der Waals surface area contributed by atoms with E-state index in [4.69, 9.17) is 5.73 Å². The van der Waals surface area contributed by atoms with Crippen LogP contribution in [0.1, 0.15) is 39.5 Å². The molecule has 154 valence electrons. The van der Waals surface area contributed by atoms with E-state index in [9.17, 15) is 22.8 Å². The zero-order chi connectivity index (χ0) is 20.9. The molecule has 0 spiro atoms. The van der Waals surface area contributed by atoms with Crippen LogP contribution in [0.2, 0.25) is 0 Å². The first kappa shape index (κ1) is 22.0. The fourth-order valence-electron chi connectivity index (χ4n) is 2.98. The molecule has 0 aliphatic carbocycles. The predicted octanol–water partition coefficient (Wildman–Crippen LogP) is 0.210. The molecule has 2 rings (SSSR count). The van der Waals surface area contributed by atoms with Crippen molar-refractivity contribution in [1.29, 1.82) is 0 Å². The van der Waals surface area contributed by atoms with Crippen molar-refractivity contribution in [1.82, 2.24) is 14.6 Å². The SMILES string of the molecule is C[C@@H](CCC(=O)N[C@H]1CC[C@H](C)N(S(=O)(=O)c2ccccn2)CC1=O)C(N)=O. The number of hydrogen-bond acceptors (Lipinski definition) is 6. The predicted molar refractivity (Wildman–Crippen MR) is 101 cm³/mol. The minimum absolute atomic E-state index is 0.0688. The summed E-state index contributed by atoms with van der Waals surface area (Å²) in [4.78, 5) is 39.7. The zero-order valence-electron chi connectivity index (χ0n) is 16.0. The molecule has 1 aromatic heterocycles. The Labute approximate surface area is 164 Å². The van der Waals surface area contributed by atoms with Crippen LogP contribution >= 0.6 is 0 Å². The smallest absolute Gasteiger partial charge is 0.261 e. The van der Waals surface area contributed by atoms with Crippen LogP contribution in [-0.4, -0.2) is 53.9 Å². The number of carbonyl (C=O) groups is 3. The van der Waals surface area contributed by atoms with E-state index in [1.54, 1.807) is 26.0 Å². The fraction of sp³-hybridized carbons (Fsp3) is 0.556. The van der Waals surface area contributed by atoms with Gasteiger partial charge < -0.3 is 11.1 Å². The Balaban J connectivity index is 2.05. The number of nitrogens with zero attached hydrogens (tertiary/aromatic N) is 2. The number of ketones is 1. The molecule has 0 aromatic carbocycles. The summed E-state index contributed by atoms with van der Waals surface area (Å²) in [5.74, 6) is -1.66. The van der Waals surface area contributed by atoms with Gasteiger partial charge in [0.2, 0.25) is 11.8 Å². The third kappa shape index (κ3) is 5.35. The number of amides is 2. The first-order valence-electron chi connectivity index (χ1n) is 9.17. The Morgan fingerprint density at radius 3 is 2.68 bits per heavy atom. The first-order chi connectivity index (χ1) is 13.1. The molecule has 2 amide bonds. The lowest BCUT2D eigenvalue weighted by atomic mass is 10.0. The van der Waals surface area contributed by atoms with Gasteiger partial charge in [0.15, 0.2) is 10.8 Å². The van der Waals surface area contributed by atoms with Gasteiger partial charge in [0, 0.05) is 24.6 Å². The number of rotatable bonds is 7. The van der Waals surface area contributed by atoms with E-state index >= 15 is 0 Å². The van der Waals surface area contributed by atoms with E-state index in [-0.39, 0.29) is 29.7 Å². The highest BCUT2D eigenvalue weighted by atomic mass is 32.2. The van der Waals surface area contributed by atoms with Gasteiger partial charge in [0.1, 0.15) is 0 Å². The van der Waals surface area contributed by atoms with Crippen LogP contribution in [0, 0.1) is 5.92 Å². The van der Waals surface area contributed by atoms with E-state index in [0.717, 1.165) is 4.31 Å². The van der Waals surface area contributed by atoms with Crippen LogP contribution in [0.3, 0.4) is 0 Å². The van der Waals surface area contributed by atoms with E-state index in [0.29, 0.717) is 19.3 Å². The molecule has 28 heavy (non-hydrogen) atoms. The maximum Gasteiger partial charge on any atom is 0.261 e. The summed E-state index contributed by atoms with van der Waals surface area (Å²) in [6.07, 6.45) is 2.50. The Hall–Kier alpha value is -2.33. The van der Waals surface area contributed by atoms with Crippen molar-refractivity contribution in [3.05, 3.63) is 24.4 Å². The number of carbonyl (C=O) groups excluding carboxylic acids is 3. The Kier molecular flexibility index (Phi) is 7.25. The molecule has 10 heteroatoms. The van der Waals surface area contributed by atoms with Crippen LogP contribution in [0.5, 0.6) is 0 Å². The molecule has 2 heterocycles. The van der Waals surface area contributed by atoms with Crippen LogP contribution in [0.4, 0.5) is 0 Å². The Bertz CT molecular complexity index is 828. The van der Waals surface area contributed by atoms with Crippen molar-refractivity contribution in [2.75, 3.05) is 6.54 Å². The maximum atomic E-state index is 12.8. The molecule has 1 fully saturated rings. The zero-order valence-corrected chi connectivity index (χ0v) is 16.8. The number of primary amides is 1. The molecule has 1 aliphatic rings. The maximum absolute atomic E-state index is 12.8. The second-order valence-corrected chi connectivity index (χ2v) is 8.91. The molecule has 1 saturated heterocycles. The minimum atomic E-state index is -3.91. The lowest BCUT2D eigenvalue weighted by Gasteiger charge is -2.24. The quantitative estimate of drug-likeness (QED) is 0.659. The molecular formula is C18H26N4O5S. The van der Waals surface area contributed by atoms with Gasteiger partial charge >= 0.3 is 0 Å². The van der Waals surface area contributed by atoms with Gasteiger partial charge in [-0.1, -0.05) is 13.0 Å². The molecule has 3 N–H and O–H groups in total. The fourth-order valence-corrected chi connectivity index (χ4v) is 4.54. The Morgan fingerprint density at radius 2 is 2.07 bits per heavy atom. The molecule has 9 nitrogen and oxygen atoms in total. The van der Waals surface area contributed by atoms with Crippen molar-refractivity contribution in [3.63, 3.8) is 0 Å². The van der Waals surface area contributed by atoms with Crippen molar-refractivity contribution in [3.8, 4) is 0 Å². The number of aromatic nitrogens is 1. The molecular weight excluding hydrogens is 384 g/mol. The molecule has 1 aliphatic heterocycles.